The summed E-state index contributed by atoms with van der Waals surface area (Å²) in [6.45, 7) is 1.07. The van der Waals surface area contributed by atoms with Crippen LogP contribution < -0.4 is 10.3 Å². The molecule has 1 saturated carbocycles. The van der Waals surface area contributed by atoms with Crippen LogP contribution in [0.1, 0.15) is 37.7 Å². The SMILES string of the molecule is O=c1c(I)c(-c2ccc3c(c2)COC2(CCN(C4CCC4)CC2)O3)ccn1CC(F)(F)F. The molecule has 2 aromatic rings. The summed E-state index contributed by atoms with van der Waals surface area (Å²) >= 11 is 1.82. The lowest BCUT2D eigenvalue weighted by atomic mass is 9.89. The second-order valence-electron chi connectivity index (χ2n) is 8.84. The third-order valence-electron chi connectivity index (χ3n) is 6.76. The molecule has 5 rings (SSSR count). The van der Waals surface area contributed by atoms with E-state index in [0.29, 0.717) is 16.7 Å². The van der Waals surface area contributed by atoms with Gasteiger partial charge in [0, 0.05) is 49.3 Å². The number of ether oxygens (including phenoxy) is 2. The van der Waals surface area contributed by atoms with E-state index in [1.54, 1.807) is 6.07 Å². The number of hydrogen-bond acceptors (Lipinski definition) is 4. The van der Waals surface area contributed by atoms with Crippen molar-refractivity contribution in [1.29, 1.82) is 0 Å². The number of piperidine rings is 1. The molecule has 1 aromatic carbocycles. The minimum absolute atomic E-state index is 0.256. The summed E-state index contributed by atoms with van der Waals surface area (Å²) in [6, 6.07) is 7.91. The van der Waals surface area contributed by atoms with E-state index < -0.39 is 24.1 Å². The van der Waals surface area contributed by atoms with Gasteiger partial charge in [-0.2, -0.15) is 13.2 Å². The lowest BCUT2D eigenvalue weighted by Gasteiger charge is -2.47. The number of nitrogens with zero attached hydrogens (tertiary/aromatic N) is 2. The molecule has 5 nitrogen and oxygen atoms in total. The second kappa shape index (κ2) is 8.32. The minimum atomic E-state index is -4.45. The molecule has 2 aliphatic heterocycles. The Morgan fingerprint density at radius 3 is 2.56 bits per heavy atom. The molecule has 0 atom stereocenters. The van der Waals surface area contributed by atoms with E-state index in [1.807, 2.05) is 40.8 Å². The van der Waals surface area contributed by atoms with Gasteiger partial charge in [-0.25, -0.2) is 0 Å². The van der Waals surface area contributed by atoms with Crippen LogP contribution in [0.4, 0.5) is 13.2 Å². The summed E-state index contributed by atoms with van der Waals surface area (Å²) in [5.74, 6) is 0.193. The highest BCUT2D eigenvalue weighted by molar-refractivity contribution is 14.1. The standard InChI is InChI=1S/C23H24F3IN2O3/c24-23(25,26)14-29-9-6-18(20(27)21(29)30)15-4-5-19-16(12-15)13-31-22(32-19)7-10-28(11-8-22)17-2-1-3-17/h4-6,9,12,17H,1-3,7-8,10-11,13-14H2. The van der Waals surface area contributed by atoms with Gasteiger partial charge in [0.25, 0.3) is 5.56 Å². The Hall–Kier alpha value is -1.59. The molecule has 0 bridgehead atoms. The van der Waals surface area contributed by atoms with E-state index >= 15 is 0 Å². The van der Waals surface area contributed by atoms with Crippen molar-refractivity contribution in [2.75, 3.05) is 13.1 Å². The fraction of sp³-hybridized carbons (Fsp3) is 0.522. The van der Waals surface area contributed by atoms with Gasteiger partial charge in [-0.05, 0) is 59.2 Å². The van der Waals surface area contributed by atoms with Gasteiger partial charge >= 0.3 is 6.18 Å². The zero-order chi connectivity index (χ0) is 22.5. The van der Waals surface area contributed by atoms with Gasteiger partial charge in [-0.3, -0.25) is 9.69 Å². The lowest BCUT2D eigenvalue weighted by molar-refractivity contribution is -0.231. The largest absolute Gasteiger partial charge is 0.462 e. The maximum absolute atomic E-state index is 12.7. The first-order chi connectivity index (χ1) is 15.2. The molecule has 3 aliphatic rings. The molecule has 3 heterocycles. The summed E-state index contributed by atoms with van der Waals surface area (Å²) in [6.07, 6.45) is 2.33. The molecule has 2 fully saturated rings. The number of likely N-dealkylation sites (tertiary alicyclic amines) is 1. The first-order valence-electron chi connectivity index (χ1n) is 10.9. The normalized spacial score (nSPS) is 21.1. The molecular weight excluding hydrogens is 536 g/mol. The fourth-order valence-corrected chi connectivity index (χ4v) is 5.51. The average Bonchev–Trinajstić information content (AvgIpc) is 2.71. The zero-order valence-corrected chi connectivity index (χ0v) is 19.6. The van der Waals surface area contributed by atoms with Crippen LogP contribution in [0.5, 0.6) is 5.75 Å². The third-order valence-corrected chi connectivity index (χ3v) is 7.81. The van der Waals surface area contributed by atoms with E-state index in [1.165, 1.54) is 25.5 Å². The summed E-state index contributed by atoms with van der Waals surface area (Å²) in [7, 11) is 0. The van der Waals surface area contributed by atoms with Crippen LogP contribution in [-0.2, 0) is 17.9 Å². The molecule has 0 radical (unpaired) electrons. The van der Waals surface area contributed by atoms with Gasteiger partial charge in [0.15, 0.2) is 0 Å². The van der Waals surface area contributed by atoms with Gasteiger partial charge in [0.05, 0.1) is 10.2 Å². The molecule has 1 aromatic heterocycles. The molecule has 0 unspecified atom stereocenters. The summed E-state index contributed by atoms with van der Waals surface area (Å²) in [5, 5.41) is 0. The van der Waals surface area contributed by atoms with Gasteiger partial charge in [0.1, 0.15) is 12.3 Å². The van der Waals surface area contributed by atoms with E-state index in [9.17, 15) is 18.0 Å². The Labute approximate surface area is 197 Å². The highest BCUT2D eigenvalue weighted by atomic mass is 127. The summed E-state index contributed by atoms with van der Waals surface area (Å²) in [4.78, 5) is 15.0. The fourth-order valence-electron chi connectivity index (χ4n) is 4.71. The van der Waals surface area contributed by atoms with Gasteiger partial charge in [0.2, 0.25) is 5.79 Å². The predicted octanol–water partition coefficient (Wildman–Crippen LogP) is 4.94. The van der Waals surface area contributed by atoms with Crippen molar-refractivity contribution in [2.45, 2.75) is 63.3 Å². The third kappa shape index (κ3) is 4.31. The molecule has 172 valence electrons. The Kier molecular flexibility index (Phi) is 5.78. The monoisotopic (exact) mass is 560 g/mol. The van der Waals surface area contributed by atoms with Crippen molar-refractivity contribution in [2.24, 2.45) is 0 Å². The van der Waals surface area contributed by atoms with E-state index in [-0.39, 0.29) is 3.57 Å². The smallest absolute Gasteiger partial charge is 0.406 e. The van der Waals surface area contributed by atoms with Crippen LogP contribution >= 0.6 is 22.6 Å². The molecule has 1 aliphatic carbocycles. The molecule has 1 saturated heterocycles. The van der Waals surface area contributed by atoms with Crippen molar-refractivity contribution in [3.8, 4) is 16.9 Å². The number of fused-ring (bicyclic) bond motifs is 1. The molecule has 0 N–H and O–H groups in total. The van der Waals surface area contributed by atoms with Crippen molar-refractivity contribution in [1.82, 2.24) is 9.47 Å². The summed E-state index contributed by atoms with van der Waals surface area (Å²) < 4.78 is 51.6. The van der Waals surface area contributed by atoms with E-state index in [0.717, 1.165) is 48.8 Å². The number of aromatic nitrogens is 1. The van der Waals surface area contributed by atoms with E-state index in [4.69, 9.17) is 9.47 Å². The minimum Gasteiger partial charge on any atom is -0.462 e. The highest BCUT2D eigenvalue weighted by Crippen LogP contribution is 2.40. The maximum Gasteiger partial charge on any atom is 0.406 e. The summed E-state index contributed by atoms with van der Waals surface area (Å²) in [5.41, 5.74) is 1.59. The molecule has 0 amide bonds. The highest BCUT2D eigenvalue weighted by Gasteiger charge is 2.42. The lowest BCUT2D eigenvalue weighted by Crippen LogP contribution is -2.54. The van der Waals surface area contributed by atoms with Crippen LogP contribution in [0.2, 0.25) is 0 Å². The number of alkyl halides is 3. The average molecular weight is 560 g/mol. The maximum atomic E-state index is 12.7. The topological polar surface area (TPSA) is 43.7 Å². The molecular formula is C23H24F3IN2O3. The number of benzene rings is 1. The van der Waals surface area contributed by atoms with Crippen LogP contribution in [-0.4, -0.2) is 40.6 Å². The predicted molar refractivity (Wildman–Crippen MR) is 122 cm³/mol. The quantitative estimate of drug-likeness (QED) is 0.500. The van der Waals surface area contributed by atoms with Gasteiger partial charge in [-0.1, -0.05) is 12.5 Å². The van der Waals surface area contributed by atoms with Gasteiger partial charge in [-0.15, -0.1) is 0 Å². The second-order valence-corrected chi connectivity index (χ2v) is 9.91. The van der Waals surface area contributed by atoms with Crippen LogP contribution in [0.3, 0.4) is 0 Å². The van der Waals surface area contributed by atoms with Crippen LogP contribution in [0, 0.1) is 3.57 Å². The van der Waals surface area contributed by atoms with Crippen LogP contribution in [0.25, 0.3) is 11.1 Å². The Balaban J connectivity index is 1.33. The van der Waals surface area contributed by atoms with Crippen molar-refractivity contribution in [3.05, 3.63) is 49.9 Å². The first kappa shape index (κ1) is 22.2. The molecule has 32 heavy (non-hydrogen) atoms. The van der Waals surface area contributed by atoms with Crippen molar-refractivity contribution >= 4 is 22.6 Å². The zero-order valence-electron chi connectivity index (χ0n) is 17.5. The number of pyridine rings is 1. The number of rotatable bonds is 3. The van der Waals surface area contributed by atoms with Crippen LogP contribution in [0.15, 0.2) is 35.3 Å². The van der Waals surface area contributed by atoms with E-state index in [2.05, 4.69) is 4.90 Å². The Bertz CT molecular complexity index is 1070. The Morgan fingerprint density at radius 2 is 1.91 bits per heavy atom. The first-order valence-corrected chi connectivity index (χ1v) is 12.0. The van der Waals surface area contributed by atoms with Crippen molar-refractivity contribution in [3.63, 3.8) is 0 Å². The molecule has 1 spiro atoms. The number of halogens is 4. The number of hydrogen-bond donors (Lipinski definition) is 0. The molecule has 9 heteroatoms. The Morgan fingerprint density at radius 1 is 1.16 bits per heavy atom. The van der Waals surface area contributed by atoms with Gasteiger partial charge < -0.3 is 14.0 Å². The van der Waals surface area contributed by atoms with Crippen molar-refractivity contribution < 1.29 is 22.6 Å².